The number of hydrogen-bond acceptors (Lipinski definition) is 3. The van der Waals surface area contributed by atoms with Crippen molar-refractivity contribution >= 4 is 5.78 Å². The lowest BCUT2D eigenvalue weighted by atomic mass is 9.71. The number of carbonyl (C=O) groups excluding carboxylic acids is 1. The minimum atomic E-state index is 0.0730. The number of ketones is 1. The second-order valence-electron chi connectivity index (χ2n) is 5.86. The van der Waals surface area contributed by atoms with Crippen LogP contribution in [0.25, 0.3) is 0 Å². The highest BCUT2D eigenvalue weighted by Gasteiger charge is 2.43. The van der Waals surface area contributed by atoms with Gasteiger partial charge < -0.3 is 4.74 Å². The van der Waals surface area contributed by atoms with Crippen molar-refractivity contribution in [1.82, 2.24) is 4.98 Å². The van der Waals surface area contributed by atoms with Crippen LogP contribution < -0.4 is 0 Å². The van der Waals surface area contributed by atoms with Gasteiger partial charge in [-0.3, -0.25) is 9.78 Å². The van der Waals surface area contributed by atoms with E-state index in [4.69, 9.17) is 4.74 Å². The molecule has 1 aliphatic heterocycles. The first kappa shape index (κ1) is 12.8. The maximum absolute atomic E-state index is 12.3. The third-order valence-electron chi connectivity index (χ3n) is 4.57. The molecule has 0 N–H and O–H groups in total. The third-order valence-corrected chi connectivity index (χ3v) is 4.57. The molecule has 1 atom stereocenters. The highest BCUT2D eigenvalue weighted by atomic mass is 16.5. The molecule has 1 aliphatic carbocycles. The Balaban J connectivity index is 1.52. The van der Waals surface area contributed by atoms with Crippen molar-refractivity contribution in [2.75, 3.05) is 6.61 Å². The van der Waals surface area contributed by atoms with Crippen molar-refractivity contribution in [2.24, 2.45) is 5.92 Å². The fraction of sp³-hybridized carbons (Fsp3) is 0.625. The van der Waals surface area contributed by atoms with Crippen molar-refractivity contribution < 1.29 is 9.53 Å². The van der Waals surface area contributed by atoms with E-state index in [2.05, 4.69) is 4.98 Å². The van der Waals surface area contributed by atoms with Crippen LogP contribution in [0, 0.1) is 5.92 Å². The Kier molecular flexibility index (Phi) is 3.65. The molecule has 2 aliphatic rings. The Labute approximate surface area is 114 Å². The maximum atomic E-state index is 12.3. The zero-order valence-electron chi connectivity index (χ0n) is 11.3. The van der Waals surface area contributed by atoms with Crippen molar-refractivity contribution in [3.8, 4) is 0 Å². The first-order valence-electron chi connectivity index (χ1n) is 7.34. The number of nitrogens with zero attached hydrogens (tertiary/aromatic N) is 1. The molecular weight excluding hydrogens is 238 g/mol. The average molecular weight is 259 g/mol. The van der Waals surface area contributed by atoms with Gasteiger partial charge >= 0.3 is 0 Å². The molecule has 19 heavy (non-hydrogen) atoms. The first-order valence-corrected chi connectivity index (χ1v) is 7.34. The normalized spacial score (nSPS) is 24.9. The summed E-state index contributed by atoms with van der Waals surface area (Å²) in [6.45, 7) is 0.764. The largest absolute Gasteiger partial charge is 0.375 e. The van der Waals surface area contributed by atoms with Crippen molar-refractivity contribution in [2.45, 2.75) is 50.5 Å². The van der Waals surface area contributed by atoms with E-state index in [9.17, 15) is 4.79 Å². The molecule has 3 rings (SSSR count). The smallest absolute Gasteiger partial charge is 0.136 e. The Hall–Kier alpha value is -1.22. The SMILES string of the molecule is O=C(CCc1ccccn1)C1CCOC2(CCC2)C1. The Morgan fingerprint density at radius 3 is 3.00 bits per heavy atom. The summed E-state index contributed by atoms with van der Waals surface area (Å²) in [6.07, 6.45) is 8.60. The summed E-state index contributed by atoms with van der Waals surface area (Å²) in [7, 11) is 0. The molecule has 0 radical (unpaired) electrons. The van der Waals surface area contributed by atoms with E-state index in [0.29, 0.717) is 12.2 Å². The highest BCUT2D eigenvalue weighted by Crippen LogP contribution is 2.44. The summed E-state index contributed by atoms with van der Waals surface area (Å²) in [6, 6.07) is 5.87. The van der Waals surface area contributed by atoms with Gasteiger partial charge in [0.05, 0.1) is 5.60 Å². The summed E-state index contributed by atoms with van der Waals surface area (Å²) >= 11 is 0. The van der Waals surface area contributed by atoms with Gasteiger partial charge in [-0.1, -0.05) is 6.07 Å². The summed E-state index contributed by atoms with van der Waals surface area (Å²) in [5, 5.41) is 0. The van der Waals surface area contributed by atoms with Crippen LogP contribution in [-0.4, -0.2) is 23.0 Å². The van der Waals surface area contributed by atoms with Crippen LogP contribution in [0.15, 0.2) is 24.4 Å². The number of ether oxygens (including phenoxy) is 1. The molecule has 1 spiro atoms. The standard InChI is InChI=1S/C16H21NO2/c18-15(6-5-14-4-1-2-10-17-14)13-7-11-19-16(12-13)8-3-9-16/h1-2,4,10,13H,3,5-9,11-12H2. The van der Waals surface area contributed by atoms with Gasteiger partial charge in [0.15, 0.2) is 0 Å². The van der Waals surface area contributed by atoms with Crippen molar-refractivity contribution in [3.05, 3.63) is 30.1 Å². The summed E-state index contributed by atoms with van der Waals surface area (Å²) in [5.41, 5.74) is 1.09. The van der Waals surface area contributed by atoms with Crippen LogP contribution in [0.2, 0.25) is 0 Å². The molecule has 1 saturated heterocycles. The van der Waals surface area contributed by atoms with E-state index >= 15 is 0 Å². The minimum Gasteiger partial charge on any atom is -0.375 e. The number of aryl methyl sites for hydroxylation is 1. The van der Waals surface area contributed by atoms with Gasteiger partial charge in [0.2, 0.25) is 0 Å². The molecule has 2 fully saturated rings. The Morgan fingerprint density at radius 1 is 1.42 bits per heavy atom. The molecule has 3 heteroatoms. The molecule has 0 amide bonds. The molecule has 0 aromatic carbocycles. The molecule has 1 saturated carbocycles. The van der Waals surface area contributed by atoms with Gasteiger partial charge in [-0.25, -0.2) is 0 Å². The van der Waals surface area contributed by atoms with Crippen LogP contribution in [0.5, 0.6) is 0 Å². The van der Waals surface area contributed by atoms with E-state index in [-0.39, 0.29) is 11.5 Å². The van der Waals surface area contributed by atoms with E-state index < -0.39 is 0 Å². The Bertz CT molecular complexity index is 439. The van der Waals surface area contributed by atoms with Gasteiger partial charge in [-0.15, -0.1) is 0 Å². The van der Waals surface area contributed by atoms with E-state index in [0.717, 1.165) is 44.4 Å². The van der Waals surface area contributed by atoms with Crippen molar-refractivity contribution in [1.29, 1.82) is 0 Å². The van der Waals surface area contributed by atoms with Crippen LogP contribution in [0.1, 0.15) is 44.2 Å². The molecule has 1 aromatic heterocycles. The van der Waals surface area contributed by atoms with Gasteiger partial charge in [0.25, 0.3) is 0 Å². The zero-order valence-corrected chi connectivity index (χ0v) is 11.3. The fourth-order valence-corrected chi connectivity index (χ4v) is 3.22. The second-order valence-corrected chi connectivity index (χ2v) is 5.86. The number of rotatable bonds is 4. The van der Waals surface area contributed by atoms with Gasteiger partial charge in [0, 0.05) is 30.8 Å². The summed E-state index contributed by atoms with van der Waals surface area (Å²) in [5.74, 6) is 0.623. The topological polar surface area (TPSA) is 39.2 Å². The van der Waals surface area contributed by atoms with Crippen LogP contribution in [0.4, 0.5) is 0 Å². The maximum Gasteiger partial charge on any atom is 0.136 e. The molecule has 3 nitrogen and oxygen atoms in total. The lowest BCUT2D eigenvalue weighted by Crippen LogP contribution is -2.47. The predicted octanol–water partition coefficient (Wildman–Crippen LogP) is 2.93. The monoisotopic (exact) mass is 259 g/mol. The van der Waals surface area contributed by atoms with Crippen molar-refractivity contribution in [3.63, 3.8) is 0 Å². The lowest BCUT2D eigenvalue weighted by molar-refractivity contribution is -0.155. The lowest BCUT2D eigenvalue weighted by Gasteiger charge is -2.46. The number of hydrogen-bond donors (Lipinski definition) is 0. The zero-order chi connectivity index (χ0) is 13.1. The van der Waals surface area contributed by atoms with Gasteiger partial charge in [-0.05, 0) is 50.7 Å². The molecule has 2 heterocycles. The molecule has 0 bridgehead atoms. The molecular formula is C16H21NO2. The number of pyridine rings is 1. The number of Topliss-reactive ketones (excluding diaryl/α,β-unsaturated/α-hetero) is 1. The van der Waals surface area contributed by atoms with E-state index in [1.807, 2.05) is 18.2 Å². The number of carbonyl (C=O) groups is 1. The quantitative estimate of drug-likeness (QED) is 0.834. The van der Waals surface area contributed by atoms with E-state index in [1.54, 1.807) is 6.20 Å². The van der Waals surface area contributed by atoms with Gasteiger partial charge in [-0.2, -0.15) is 0 Å². The first-order chi connectivity index (χ1) is 9.27. The fourth-order valence-electron chi connectivity index (χ4n) is 3.22. The number of aromatic nitrogens is 1. The van der Waals surface area contributed by atoms with Gasteiger partial charge in [0.1, 0.15) is 5.78 Å². The summed E-state index contributed by atoms with van der Waals surface area (Å²) < 4.78 is 5.88. The average Bonchev–Trinajstić information content (AvgIpc) is 2.44. The second kappa shape index (κ2) is 5.41. The van der Waals surface area contributed by atoms with E-state index in [1.165, 1.54) is 6.42 Å². The third kappa shape index (κ3) is 2.86. The molecule has 1 unspecified atom stereocenters. The predicted molar refractivity (Wildman–Crippen MR) is 72.8 cm³/mol. The molecule has 102 valence electrons. The van der Waals surface area contributed by atoms with Crippen LogP contribution >= 0.6 is 0 Å². The molecule has 1 aromatic rings. The van der Waals surface area contributed by atoms with Crippen LogP contribution in [-0.2, 0) is 16.0 Å². The Morgan fingerprint density at radius 2 is 2.32 bits per heavy atom. The summed E-state index contributed by atoms with van der Waals surface area (Å²) in [4.78, 5) is 16.6. The highest BCUT2D eigenvalue weighted by molar-refractivity contribution is 5.81. The van der Waals surface area contributed by atoms with Crippen LogP contribution in [0.3, 0.4) is 0 Å². The minimum absolute atomic E-state index is 0.0730.